The summed E-state index contributed by atoms with van der Waals surface area (Å²) in [6.07, 6.45) is 0. The Morgan fingerprint density at radius 1 is 0.889 bits per heavy atom. The van der Waals surface area contributed by atoms with Crippen LogP contribution in [0.15, 0.2) is 40.9 Å². The Kier molecular flexibility index (Phi) is 3.27. The molecule has 1 aliphatic rings. The van der Waals surface area contributed by atoms with Crippen molar-refractivity contribution in [1.82, 2.24) is 4.90 Å². The predicted octanol–water partition coefficient (Wildman–Crippen LogP) is 3.35. The van der Waals surface area contributed by atoms with Gasteiger partial charge in [-0.05, 0) is 24.6 Å². The highest BCUT2D eigenvalue weighted by Gasteiger charge is 2.16. The van der Waals surface area contributed by atoms with E-state index < -0.39 is 0 Å². The van der Waals surface area contributed by atoms with E-state index in [0.29, 0.717) is 0 Å². The van der Waals surface area contributed by atoms with Crippen LogP contribution in [0.2, 0.25) is 0 Å². The number of piperazine rings is 1. The van der Waals surface area contributed by atoms with E-state index in [-0.39, 0.29) is 0 Å². The zero-order chi connectivity index (χ0) is 12.5. The van der Waals surface area contributed by atoms with E-state index in [0.717, 1.165) is 26.2 Å². The summed E-state index contributed by atoms with van der Waals surface area (Å²) in [6.45, 7) is 4.51. The van der Waals surface area contributed by atoms with Crippen molar-refractivity contribution in [3.63, 3.8) is 0 Å². The van der Waals surface area contributed by atoms with Crippen LogP contribution in [0, 0.1) is 0 Å². The third-order valence-electron chi connectivity index (χ3n) is 3.69. The average Bonchev–Trinajstić information content (AvgIpc) is 2.41. The van der Waals surface area contributed by atoms with E-state index >= 15 is 0 Å². The van der Waals surface area contributed by atoms with Gasteiger partial charge in [0.2, 0.25) is 0 Å². The lowest BCUT2D eigenvalue weighted by Gasteiger charge is -2.34. The third-order valence-corrected chi connectivity index (χ3v) is 4.38. The van der Waals surface area contributed by atoms with Gasteiger partial charge in [0.25, 0.3) is 0 Å². The Morgan fingerprint density at radius 3 is 2.28 bits per heavy atom. The zero-order valence-electron chi connectivity index (χ0n) is 10.6. The maximum absolute atomic E-state index is 3.64. The quantitative estimate of drug-likeness (QED) is 0.797. The fourth-order valence-electron chi connectivity index (χ4n) is 2.57. The molecule has 0 amide bonds. The van der Waals surface area contributed by atoms with Crippen molar-refractivity contribution in [2.45, 2.75) is 0 Å². The van der Waals surface area contributed by atoms with Gasteiger partial charge in [-0.1, -0.05) is 40.2 Å². The van der Waals surface area contributed by atoms with Gasteiger partial charge in [0.15, 0.2) is 0 Å². The van der Waals surface area contributed by atoms with Gasteiger partial charge in [-0.25, -0.2) is 0 Å². The van der Waals surface area contributed by atoms with Gasteiger partial charge in [-0.3, -0.25) is 0 Å². The van der Waals surface area contributed by atoms with Crippen LogP contribution in [0.25, 0.3) is 10.8 Å². The molecule has 1 aliphatic heterocycles. The highest BCUT2D eigenvalue weighted by molar-refractivity contribution is 9.10. The number of hydrogen-bond acceptors (Lipinski definition) is 2. The Morgan fingerprint density at radius 2 is 1.56 bits per heavy atom. The fraction of sp³-hybridized carbons (Fsp3) is 0.333. The molecule has 2 aromatic rings. The second-order valence-electron chi connectivity index (χ2n) is 4.90. The van der Waals surface area contributed by atoms with Crippen molar-refractivity contribution in [2.75, 3.05) is 38.1 Å². The summed E-state index contributed by atoms with van der Waals surface area (Å²) >= 11 is 3.64. The molecule has 0 bridgehead atoms. The van der Waals surface area contributed by atoms with Crippen molar-refractivity contribution >= 4 is 32.4 Å². The summed E-state index contributed by atoms with van der Waals surface area (Å²) in [6, 6.07) is 13.0. The number of anilines is 1. The van der Waals surface area contributed by atoms with Crippen molar-refractivity contribution in [1.29, 1.82) is 0 Å². The molecule has 1 saturated heterocycles. The number of hydrogen-bond donors (Lipinski definition) is 0. The number of halogens is 1. The van der Waals surface area contributed by atoms with E-state index in [2.05, 4.69) is 69.2 Å². The highest BCUT2D eigenvalue weighted by atomic mass is 79.9. The summed E-state index contributed by atoms with van der Waals surface area (Å²) in [5.74, 6) is 0. The first-order valence-corrected chi connectivity index (χ1v) is 7.16. The van der Waals surface area contributed by atoms with Gasteiger partial charge in [0, 0.05) is 41.7 Å². The molecule has 1 fully saturated rings. The maximum atomic E-state index is 3.64. The van der Waals surface area contributed by atoms with Crippen LogP contribution in [0.1, 0.15) is 0 Å². The molecule has 0 aliphatic carbocycles. The van der Waals surface area contributed by atoms with Gasteiger partial charge in [-0.15, -0.1) is 0 Å². The summed E-state index contributed by atoms with van der Waals surface area (Å²) in [7, 11) is 2.19. The van der Waals surface area contributed by atoms with Crippen molar-refractivity contribution in [3.05, 3.63) is 40.9 Å². The van der Waals surface area contributed by atoms with E-state index in [1.54, 1.807) is 0 Å². The Bertz CT molecular complexity index is 559. The lowest BCUT2D eigenvalue weighted by atomic mass is 10.1. The molecule has 0 N–H and O–H groups in total. The minimum atomic E-state index is 1.11. The number of fused-ring (bicyclic) bond motifs is 1. The molecular formula is C15H17BrN2. The van der Waals surface area contributed by atoms with Gasteiger partial charge >= 0.3 is 0 Å². The van der Waals surface area contributed by atoms with E-state index in [1.807, 2.05) is 0 Å². The number of benzene rings is 2. The lowest BCUT2D eigenvalue weighted by Crippen LogP contribution is -2.44. The summed E-state index contributed by atoms with van der Waals surface area (Å²) in [4.78, 5) is 4.88. The van der Waals surface area contributed by atoms with Crippen molar-refractivity contribution < 1.29 is 0 Å². The monoisotopic (exact) mass is 304 g/mol. The summed E-state index contributed by atoms with van der Waals surface area (Å²) in [5, 5.41) is 2.64. The van der Waals surface area contributed by atoms with Crippen LogP contribution in [0.4, 0.5) is 5.69 Å². The van der Waals surface area contributed by atoms with Gasteiger partial charge < -0.3 is 9.80 Å². The molecule has 2 aromatic carbocycles. The second-order valence-corrected chi connectivity index (χ2v) is 5.76. The second kappa shape index (κ2) is 4.90. The largest absolute Gasteiger partial charge is 0.368 e. The average molecular weight is 305 g/mol. The minimum Gasteiger partial charge on any atom is -0.368 e. The van der Waals surface area contributed by atoms with E-state index in [1.165, 1.54) is 20.9 Å². The van der Waals surface area contributed by atoms with Crippen LogP contribution < -0.4 is 4.90 Å². The molecule has 0 unspecified atom stereocenters. The lowest BCUT2D eigenvalue weighted by molar-refractivity contribution is 0.313. The zero-order valence-corrected chi connectivity index (χ0v) is 12.2. The van der Waals surface area contributed by atoms with Gasteiger partial charge in [0.05, 0.1) is 0 Å². The summed E-state index contributed by atoms with van der Waals surface area (Å²) in [5.41, 5.74) is 1.36. The van der Waals surface area contributed by atoms with Crippen LogP contribution in [0.5, 0.6) is 0 Å². The number of rotatable bonds is 1. The first-order chi connectivity index (χ1) is 8.75. The Hall–Kier alpha value is -1.06. The molecule has 0 spiro atoms. The van der Waals surface area contributed by atoms with Crippen LogP contribution >= 0.6 is 15.9 Å². The molecule has 0 saturated carbocycles. The van der Waals surface area contributed by atoms with Crippen molar-refractivity contribution in [3.8, 4) is 0 Å². The van der Waals surface area contributed by atoms with E-state index in [4.69, 9.17) is 0 Å². The molecule has 0 aromatic heterocycles. The Balaban J connectivity index is 2.04. The molecular weight excluding hydrogens is 288 g/mol. The van der Waals surface area contributed by atoms with Crippen LogP contribution in [-0.4, -0.2) is 38.1 Å². The van der Waals surface area contributed by atoms with Crippen LogP contribution in [-0.2, 0) is 0 Å². The highest BCUT2D eigenvalue weighted by Crippen LogP contribution is 2.32. The van der Waals surface area contributed by atoms with Crippen molar-refractivity contribution in [2.24, 2.45) is 0 Å². The predicted molar refractivity (Wildman–Crippen MR) is 81.4 cm³/mol. The fourth-order valence-corrected chi connectivity index (χ4v) is 3.05. The topological polar surface area (TPSA) is 6.48 Å². The molecule has 2 nitrogen and oxygen atoms in total. The molecule has 94 valence electrons. The molecule has 0 radical (unpaired) electrons. The first kappa shape index (κ1) is 12.0. The molecule has 18 heavy (non-hydrogen) atoms. The molecule has 0 atom stereocenters. The maximum Gasteiger partial charge on any atom is 0.0447 e. The molecule has 1 heterocycles. The SMILES string of the molecule is CN1CCN(c2ccc(Br)c3ccccc23)CC1. The number of nitrogens with zero attached hydrogens (tertiary/aromatic N) is 2. The van der Waals surface area contributed by atoms with Gasteiger partial charge in [0.1, 0.15) is 0 Å². The first-order valence-electron chi connectivity index (χ1n) is 6.36. The molecule has 3 rings (SSSR count). The summed E-state index contributed by atoms with van der Waals surface area (Å²) < 4.78 is 1.18. The smallest absolute Gasteiger partial charge is 0.0447 e. The normalized spacial score (nSPS) is 17.3. The standard InChI is InChI=1S/C15H17BrN2/c1-17-8-10-18(11-9-17)15-7-6-14(16)12-4-2-3-5-13(12)15/h2-7H,8-11H2,1H3. The van der Waals surface area contributed by atoms with Crippen LogP contribution in [0.3, 0.4) is 0 Å². The minimum absolute atomic E-state index is 1.11. The number of likely N-dealkylation sites (N-methyl/N-ethyl adjacent to an activating group) is 1. The van der Waals surface area contributed by atoms with Gasteiger partial charge in [-0.2, -0.15) is 0 Å². The Labute approximate surface area is 116 Å². The third kappa shape index (κ3) is 2.13. The van der Waals surface area contributed by atoms with E-state index in [9.17, 15) is 0 Å². The molecule has 3 heteroatoms.